The molecule has 1 unspecified atom stereocenters. The first-order valence-corrected chi connectivity index (χ1v) is 13.2. The molecule has 0 radical (unpaired) electrons. The summed E-state index contributed by atoms with van der Waals surface area (Å²) in [4.78, 5) is 49.0. The van der Waals surface area contributed by atoms with E-state index < -0.39 is 17.7 Å². The first-order chi connectivity index (χ1) is 18.3. The Morgan fingerprint density at radius 3 is 2.47 bits per heavy atom. The lowest BCUT2D eigenvalue weighted by atomic mass is 9.95. The molecular formula is C28H29N3O6S. The third kappa shape index (κ3) is 5.17. The minimum atomic E-state index is -1.02. The van der Waals surface area contributed by atoms with E-state index in [2.05, 4.69) is 16.9 Å². The number of aromatic nitrogens is 2. The third-order valence-electron chi connectivity index (χ3n) is 6.05. The lowest BCUT2D eigenvalue weighted by molar-refractivity contribution is -0.132. The summed E-state index contributed by atoms with van der Waals surface area (Å²) in [5.41, 5.74) is 1.22. The number of amides is 1. The van der Waals surface area contributed by atoms with E-state index >= 15 is 0 Å². The van der Waals surface area contributed by atoms with Gasteiger partial charge >= 0.3 is 5.91 Å². The zero-order chi connectivity index (χ0) is 27.4. The number of ketones is 2. The Labute approximate surface area is 224 Å². The number of aliphatic hydroxyl groups is 1. The van der Waals surface area contributed by atoms with Crippen LogP contribution in [0.1, 0.15) is 66.1 Å². The molecule has 1 aromatic carbocycles. The molecule has 4 rings (SSSR count). The highest BCUT2D eigenvalue weighted by molar-refractivity contribution is 7.18. The van der Waals surface area contributed by atoms with E-state index in [1.54, 1.807) is 37.3 Å². The number of aliphatic hydroxyl groups excluding tert-OH is 1. The second-order valence-corrected chi connectivity index (χ2v) is 9.69. The molecule has 198 valence electrons. The first-order valence-electron chi connectivity index (χ1n) is 12.4. The Kier molecular flexibility index (Phi) is 8.21. The maximum atomic E-state index is 13.4. The zero-order valence-electron chi connectivity index (χ0n) is 21.7. The Morgan fingerprint density at radius 2 is 1.84 bits per heavy atom. The molecule has 1 aliphatic rings. The number of carbonyl (C=O) groups excluding carboxylic acids is 3. The number of Topliss-reactive ketones (excluding diaryl/α,β-unsaturated/α-hetero) is 2. The molecule has 10 heteroatoms. The molecule has 1 fully saturated rings. The highest BCUT2D eigenvalue weighted by Crippen LogP contribution is 2.45. The van der Waals surface area contributed by atoms with Gasteiger partial charge in [-0.3, -0.25) is 24.3 Å². The monoisotopic (exact) mass is 535 g/mol. The summed E-state index contributed by atoms with van der Waals surface area (Å²) < 4.78 is 11.7. The number of ether oxygens (including phenoxy) is 2. The predicted octanol–water partition coefficient (Wildman–Crippen LogP) is 5.25. The van der Waals surface area contributed by atoms with Crippen LogP contribution in [0.15, 0.2) is 48.3 Å². The number of anilines is 1. The molecule has 1 saturated heterocycles. The van der Waals surface area contributed by atoms with Crippen molar-refractivity contribution in [3.63, 3.8) is 0 Å². The van der Waals surface area contributed by atoms with Crippen molar-refractivity contribution in [3.8, 4) is 11.5 Å². The number of carbonyl (C=O) groups is 3. The van der Waals surface area contributed by atoms with Gasteiger partial charge in [0, 0.05) is 24.9 Å². The summed E-state index contributed by atoms with van der Waals surface area (Å²) in [5.74, 6) is -1.24. The summed E-state index contributed by atoms with van der Waals surface area (Å²) in [7, 11) is 0. The molecule has 0 spiro atoms. The van der Waals surface area contributed by atoms with E-state index in [1.165, 1.54) is 24.2 Å². The number of aryl methyl sites for hydroxylation is 1. The van der Waals surface area contributed by atoms with Crippen molar-refractivity contribution in [1.82, 2.24) is 9.97 Å². The number of nitrogens with zero attached hydrogens (tertiary/aromatic N) is 3. The van der Waals surface area contributed by atoms with Gasteiger partial charge in [0.25, 0.3) is 5.78 Å². The fraction of sp³-hybridized carbons (Fsp3) is 0.321. The number of thiazole rings is 1. The van der Waals surface area contributed by atoms with Crippen LogP contribution in [0.3, 0.4) is 0 Å². The molecule has 38 heavy (non-hydrogen) atoms. The summed E-state index contributed by atoms with van der Waals surface area (Å²) in [6.07, 6.45) is 4.82. The highest BCUT2D eigenvalue weighted by Gasteiger charge is 2.48. The maximum Gasteiger partial charge on any atom is 0.301 e. The van der Waals surface area contributed by atoms with Crippen LogP contribution in [0.25, 0.3) is 5.76 Å². The van der Waals surface area contributed by atoms with Crippen molar-refractivity contribution in [1.29, 1.82) is 0 Å². The number of hydrogen-bond acceptors (Lipinski definition) is 9. The van der Waals surface area contributed by atoms with Crippen LogP contribution in [-0.4, -0.2) is 45.8 Å². The summed E-state index contributed by atoms with van der Waals surface area (Å²) >= 11 is 1.03. The molecule has 1 atom stereocenters. The number of hydrogen-bond donors (Lipinski definition) is 1. The van der Waals surface area contributed by atoms with E-state index in [9.17, 15) is 19.5 Å². The fourth-order valence-corrected chi connectivity index (χ4v) is 5.22. The highest BCUT2D eigenvalue weighted by atomic mass is 32.1. The van der Waals surface area contributed by atoms with Crippen LogP contribution in [0.4, 0.5) is 5.13 Å². The lowest BCUT2D eigenvalue weighted by Crippen LogP contribution is -2.29. The van der Waals surface area contributed by atoms with E-state index in [0.29, 0.717) is 46.4 Å². The molecule has 9 nitrogen and oxygen atoms in total. The lowest BCUT2D eigenvalue weighted by Gasteiger charge is -2.24. The molecule has 1 aliphatic heterocycles. The van der Waals surface area contributed by atoms with Crippen molar-refractivity contribution >= 4 is 39.7 Å². The van der Waals surface area contributed by atoms with Crippen LogP contribution in [0.5, 0.6) is 11.5 Å². The van der Waals surface area contributed by atoms with Gasteiger partial charge in [-0.2, -0.15) is 0 Å². The van der Waals surface area contributed by atoms with E-state index in [0.717, 1.165) is 24.2 Å². The van der Waals surface area contributed by atoms with Crippen molar-refractivity contribution in [2.75, 3.05) is 18.1 Å². The first kappa shape index (κ1) is 27.0. The summed E-state index contributed by atoms with van der Waals surface area (Å²) in [6, 6.07) is 7.27. The standard InChI is InChI=1S/C28H29N3O6S/c1-5-7-14-37-20-9-8-19(15-21(20)36-6-2)23-22(24(33)18-10-12-29-13-11-18)25(34)27(35)31(23)28-30-16(3)26(38-28)17(4)32/h8-13,15,23,33H,5-7,14H2,1-4H3/b24-22+. The van der Waals surface area contributed by atoms with Crippen LogP contribution >= 0.6 is 11.3 Å². The van der Waals surface area contributed by atoms with Gasteiger partial charge in [-0.15, -0.1) is 0 Å². The minimum Gasteiger partial charge on any atom is -0.507 e. The maximum absolute atomic E-state index is 13.4. The molecule has 1 amide bonds. The molecule has 0 bridgehead atoms. The number of pyridine rings is 1. The third-order valence-corrected chi connectivity index (χ3v) is 7.31. The van der Waals surface area contributed by atoms with Crippen LogP contribution in [0.2, 0.25) is 0 Å². The van der Waals surface area contributed by atoms with Crippen LogP contribution < -0.4 is 14.4 Å². The van der Waals surface area contributed by atoms with Crippen molar-refractivity contribution in [2.24, 2.45) is 0 Å². The van der Waals surface area contributed by atoms with Gasteiger partial charge in [0.1, 0.15) is 5.76 Å². The van der Waals surface area contributed by atoms with Crippen LogP contribution in [0, 0.1) is 6.92 Å². The minimum absolute atomic E-state index is 0.0967. The van der Waals surface area contributed by atoms with E-state index in [1.807, 2.05) is 6.92 Å². The van der Waals surface area contributed by atoms with Gasteiger partial charge in [-0.1, -0.05) is 30.7 Å². The molecule has 0 saturated carbocycles. The Bertz CT molecular complexity index is 1400. The molecule has 2 aromatic heterocycles. The second-order valence-electron chi connectivity index (χ2n) is 8.71. The van der Waals surface area contributed by atoms with Crippen molar-refractivity contribution in [3.05, 3.63) is 70.0 Å². The summed E-state index contributed by atoms with van der Waals surface area (Å²) in [6.45, 7) is 7.90. The van der Waals surface area contributed by atoms with Crippen molar-refractivity contribution < 1.29 is 29.0 Å². The smallest absolute Gasteiger partial charge is 0.301 e. The molecule has 3 aromatic rings. The van der Waals surface area contributed by atoms with E-state index in [-0.39, 0.29) is 22.2 Å². The largest absolute Gasteiger partial charge is 0.507 e. The van der Waals surface area contributed by atoms with Crippen LogP contribution in [-0.2, 0) is 9.59 Å². The SMILES string of the molecule is CCCCOc1ccc(C2/C(=C(\O)c3ccncc3)C(=O)C(=O)N2c2nc(C)c(C(C)=O)s2)cc1OCC. The molecular weight excluding hydrogens is 506 g/mol. The number of unbranched alkanes of at least 4 members (excludes halogenated alkanes) is 1. The quantitative estimate of drug-likeness (QED) is 0.123. The van der Waals surface area contributed by atoms with Crippen molar-refractivity contribution in [2.45, 2.75) is 46.6 Å². The Hall–Kier alpha value is -4.05. The predicted molar refractivity (Wildman–Crippen MR) is 144 cm³/mol. The second kappa shape index (κ2) is 11.6. The van der Waals surface area contributed by atoms with Gasteiger partial charge in [0.2, 0.25) is 0 Å². The molecule has 3 heterocycles. The van der Waals surface area contributed by atoms with Gasteiger partial charge in [-0.05, 0) is 50.1 Å². The van der Waals surface area contributed by atoms with Gasteiger partial charge in [-0.25, -0.2) is 4.98 Å². The molecule has 0 aliphatic carbocycles. The topological polar surface area (TPSA) is 119 Å². The Balaban J connectivity index is 1.91. The number of rotatable bonds is 10. The molecule has 1 N–H and O–H groups in total. The summed E-state index contributed by atoms with van der Waals surface area (Å²) in [5, 5.41) is 11.4. The van der Waals surface area contributed by atoms with Gasteiger partial charge < -0.3 is 14.6 Å². The average Bonchev–Trinajstić information content (AvgIpc) is 3.42. The Morgan fingerprint density at radius 1 is 1.11 bits per heavy atom. The fourth-order valence-electron chi connectivity index (χ4n) is 4.23. The van der Waals surface area contributed by atoms with E-state index in [4.69, 9.17) is 9.47 Å². The zero-order valence-corrected chi connectivity index (χ0v) is 22.5. The van der Waals surface area contributed by atoms with Gasteiger partial charge in [0.05, 0.1) is 35.4 Å². The normalized spacial score (nSPS) is 16.6. The average molecular weight is 536 g/mol. The van der Waals surface area contributed by atoms with Gasteiger partial charge in [0.15, 0.2) is 22.4 Å². The number of benzene rings is 1.